The van der Waals surface area contributed by atoms with Crippen LogP contribution in [-0.4, -0.2) is 25.2 Å². The molecule has 4 rings (SSSR count). The summed E-state index contributed by atoms with van der Waals surface area (Å²) in [5.41, 5.74) is 2.76. The molecule has 1 atom stereocenters. The van der Waals surface area contributed by atoms with Gasteiger partial charge in [-0.05, 0) is 37.1 Å². The normalized spacial score (nSPS) is 19.3. The van der Waals surface area contributed by atoms with Gasteiger partial charge >= 0.3 is 6.03 Å². The first kappa shape index (κ1) is 14.4. The molecular weight excluding hydrogens is 310 g/mol. The molecule has 2 heterocycles. The van der Waals surface area contributed by atoms with Crippen molar-refractivity contribution in [2.24, 2.45) is 0 Å². The number of amides is 2. The number of halogens is 1. The van der Waals surface area contributed by atoms with Crippen molar-refractivity contribution in [3.05, 3.63) is 53.6 Å². The molecule has 2 amide bonds. The van der Waals surface area contributed by atoms with Crippen LogP contribution in [0.2, 0.25) is 5.02 Å². The van der Waals surface area contributed by atoms with E-state index in [0.717, 1.165) is 24.3 Å². The monoisotopic (exact) mass is 327 g/mol. The Morgan fingerprint density at radius 1 is 1.09 bits per heavy atom. The number of anilines is 3. The quantitative estimate of drug-likeness (QED) is 0.844. The van der Waals surface area contributed by atoms with E-state index in [9.17, 15) is 4.79 Å². The molecule has 0 unspecified atom stereocenters. The number of carbonyl (C=O) groups is 1. The molecule has 0 aliphatic carbocycles. The third kappa shape index (κ3) is 2.53. The van der Waals surface area contributed by atoms with E-state index < -0.39 is 0 Å². The smallest absolute Gasteiger partial charge is 0.326 e. The molecule has 2 aliphatic heterocycles. The number of rotatable bonds is 1. The van der Waals surface area contributed by atoms with E-state index in [-0.39, 0.29) is 6.03 Å². The second-order valence-electron chi connectivity index (χ2n) is 6.00. The van der Waals surface area contributed by atoms with Crippen molar-refractivity contribution in [3.63, 3.8) is 0 Å². The number of hydrogen-bond donors (Lipinski definition) is 1. The van der Waals surface area contributed by atoms with E-state index in [1.54, 1.807) is 6.07 Å². The topological polar surface area (TPSA) is 35.6 Å². The molecule has 118 valence electrons. The van der Waals surface area contributed by atoms with Gasteiger partial charge in [-0.1, -0.05) is 35.9 Å². The van der Waals surface area contributed by atoms with E-state index in [2.05, 4.69) is 16.3 Å². The number of urea groups is 1. The third-order valence-corrected chi connectivity index (χ3v) is 4.94. The molecule has 2 aromatic rings. The SMILES string of the molecule is O=C(Nc1ccccc1Cl)N1C[C@H]2CCCN2c2ccccc21. The van der Waals surface area contributed by atoms with Gasteiger partial charge in [0, 0.05) is 19.1 Å². The minimum absolute atomic E-state index is 0.128. The molecule has 1 fully saturated rings. The average molecular weight is 328 g/mol. The number of para-hydroxylation sites is 3. The van der Waals surface area contributed by atoms with Gasteiger partial charge in [0.2, 0.25) is 0 Å². The summed E-state index contributed by atoms with van der Waals surface area (Å²) in [6, 6.07) is 15.7. The lowest BCUT2D eigenvalue weighted by atomic mass is 10.1. The van der Waals surface area contributed by atoms with Gasteiger partial charge in [0.05, 0.1) is 22.1 Å². The minimum atomic E-state index is -0.128. The number of benzene rings is 2. The lowest BCUT2D eigenvalue weighted by Crippen LogP contribution is -2.49. The van der Waals surface area contributed by atoms with Crippen LogP contribution in [0.3, 0.4) is 0 Å². The molecule has 0 bridgehead atoms. The molecule has 1 N–H and O–H groups in total. The van der Waals surface area contributed by atoms with Crippen LogP contribution in [0.4, 0.5) is 21.9 Å². The summed E-state index contributed by atoms with van der Waals surface area (Å²) in [5, 5.41) is 3.49. The molecule has 2 aliphatic rings. The lowest BCUT2D eigenvalue weighted by molar-refractivity contribution is 0.256. The summed E-state index contributed by atoms with van der Waals surface area (Å²) in [6.07, 6.45) is 2.31. The Morgan fingerprint density at radius 3 is 2.65 bits per heavy atom. The van der Waals surface area contributed by atoms with Crippen LogP contribution < -0.4 is 15.1 Å². The van der Waals surface area contributed by atoms with Crippen molar-refractivity contribution in [1.82, 2.24) is 0 Å². The first-order chi connectivity index (χ1) is 11.2. The van der Waals surface area contributed by atoms with Gasteiger partial charge in [0.25, 0.3) is 0 Å². The Labute approximate surface area is 140 Å². The van der Waals surface area contributed by atoms with E-state index >= 15 is 0 Å². The standard InChI is InChI=1S/C18H18ClN3O/c19-14-7-1-2-8-15(14)20-18(23)22-12-13-6-5-11-21(13)16-9-3-4-10-17(16)22/h1-4,7-10,13H,5-6,11-12H2,(H,20,23)/t13-/m1/s1. The van der Waals surface area contributed by atoms with E-state index in [4.69, 9.17) is 11.6 Å². The molecule has 0 spiro atoms. The molecule has 0 saturated carbocycles. The summed E-state index contributed by atoms with van der Waals surface area (Å²) in [6.45, 7) is 1.79. The number of carbonyl (C=O) groups excluding carboxylic acids is 1. The Balaban J connectivity index is 1.65. The first-order valence-corrected chi connectivity index (χ1v) is 8.30. The number of fused-ring (bicyclic) bond motifs is 3. The zero-order valence-corrected chi connectivity index (χ0v) is 13.5. The Hall–Kier alpha value is -2.20. The molecule has 0 radical (unpaired) electrons. The summed E-state index contributed by atoms with van der Waals surface area (Å²) in [7, 11) is 0. The molecule has 5 heteroatoms. The summed E-state index contributed by atoms with van der Waals surface area (Å²) in [5.74, 6) is 0. The highest BCUT2D eigenvalue weighted by Crippen LogP contribution is 2.39. The van der Waals surface area contributed by atoms with Gasteiger partial charge in [-0.15, -0.1) is 0 Å². The van der Waals surface area contributed by atoms with Crippen molar-refractivity contribution in [2.45, 2.75) is 18.9 Å². The number of nitrogens with one attached hydrogen (secondary N) is 1. The Bertz CT molecular complexity index is 749. The van der Waals surface area contributed by atoms with Crippen LogP contribution >= 0.6 is 11.6 Å². The number of nitrogens with zero attached hydrogens (tertiary/aromatic N) is 2. The van der Waals surface area contributed by atoms with Crippen LogP contribution in [0.15, 0.2) is 48.5 Å². The molecule has 0 aromatic heterocycles. The Kier molecular flexibility index (Phi) is 3.62. The fourth-order valence-electron chi connectivity index (χ4n) is 3.52. The van der Waals surface area contributed by atoms with Crippen molar-refractivity contribution in [1.29, 1.82) is 0 Å². The number of hydrogen-bond acceptors (Lipinski definition) is 2. The van der Waals surface area contributed by atoms with Crippen LogP contribution in [0, 0.1) is 0 Å². The maximum atomic E-state index is 12.8. The van der Waals surface area contributed by atoms with Gasteiger partial charge in [0.1, 0.15) is 0 Å². The van der Waals surface area contributed by atoms with Crippen molar-refractivity contribution in [2.75, 3.05) is 28.2 Å². The predicted octanol–water partition coefficient (Wildman–Crippen LogP) is 4.36. The second kappa shape index (κ2) is 5.78. The highest BCUT2D eigenvalue weighted by Gasteiger charge is 2.36. The third-order valence-electron chi connectivity index (χ3n) is 4.61. The lowest BCUT2D eigenvalue weighted by Gasteiger charge is -2.40. The zero-order chi connectivity index (χ0) is 15.8. The zero-order valence-electron chi connectivity index (χ0n) is 12.7. The maximum Gasteiger partial charge on any atom is 0.326 e. The largest absolute Gasteiger partial charge is 0.365 e. The first-order valence-electron chi connectivity index (χ1n) is 7.93. The van der Waals surface area contributed by atoms with Crippen LogP contribution in [0.1, 0.15) is 12.8 Å². The van der Waals surface area contributed by atoms with Crippen LogP contribution in [0.5, 0.6) is 0 Å². The minimum Gasteiger partial charge on any atom is -0.365 e. The van der Waals surface area contributed by atoms with E-state index in [0.29, 0.717) is 23.3 Å². The Morgan fingerprint density at radius 2 is 1.83 bits per heavy atom. The van der Waals surface area contributed by atoms with Crippen LogP contribution in [-0.2, 0) is 0 Å². The molecule has 1 saturated heterocycles. The molecule has 2 aromatic carbocycles. The highest BCUT2D eigenvalue weighted by atomic mass is 35.5. The fourth-order valence-corrected chi connectivity index (χ4v) is 3.71. The van der Waals surface area contributed by atoms with Crippen molar-refractivity contribution >= 4 is 34.7 Å². The van der Waals surface area contributed by atoms with Crippen LogP contribution in [0.25, 0.3) is 0 Å². The van der Waals surface area contributed by atoms with Crippen molar-refractivity contribution in [3.8, 4) is 0 Å². The summed E-state index contributed by atoms with van der Waals surface area (Å²) < 4.78 is 0. The second-order valence-corrected chi connectivity index (χ2v) is 6.41. The predicted molar refractivity (Wildman–Crippen MR) is 94.6 cm³/mol. The fraction of sp³-hybridized carbons (Fsp3) is 0.278. The highest BCUT2D eigenvalue weighted by molar-refractivity contribution is 6.33. The van der Waals surface area contributed by atoms with Gasteiger partial charge in [-0.3, -0.25) is 4.90 Å². The van der Waals surface area contributed by atoms with Crippen molar-refractivity contribution < 1.29 is 4.79 Å². The summed E-state index contributed by atoms with van der Waals surface area (Å²) in [4.78, 5) is 17.1. The molecule has 23 heavy (non-hydrogen) atoms. The van der Waals surface area contributed by atoms with Gasteiger partial charge in [-0.25, -0.2) is 4.79 Å². The van der Waals surface area contributed by atoms with Gasteiger partial charge < -0.3 is 10.2 Å². The van der Waals surface area contributed by atoms with Gasteiger partial charge in [0.15, 0.2) is 0 Å². The van der Waals surface area contributed by atoms with E-state index in [1.165, 1.54) is 6.42 Å². The van der Waals surface area contributed by atoms with E-state index in [1.807, 2.05) is 41.3 Å². The maximum absolute atomic E-state index is 12.8. The molecular formula is C18H18ClN3O. The summed E-state index contributed by atoms with van der Waals surface area (Å²) >= 11 is 6.16. The molecule has 4 nitrogen and oxygen atoms in total. The van der Waals surface area contributed by atoms with Gasteiger partial charge in [-0.2, -0.15) is 0 Å². The average Bonchev–Trinajstić information content (AvgIpc) is 3.05.